The minimum Gasteiger partial charge on any atom is -0.462 e. The first-order chi connectivity index (χ1) is 16.3. The van der Waals surface area contributed by atoms with Crippen LogP contribution in [-0.4, -0.2) is 44.0 Å². The van der Waals surface area contributed by atoms with Crippen molar-refractivity contribution in [2.75, 3.05) is 31.2 Å². The lowest BCUT2D eigenvalue weighted by atomic mass is 10.0. The van der Waals surface area contributed by atoms with Crippen LogP contribution < -0.4 is 4.90 Å². The van der Waals surface area contributed by atoms with Crippen LogP contribution in [0.15, 0.2) is 29.8 Å². The van der Waals surface area contributed by atoms with Gasteiger partial charge in [-0.1, -0.05) is 12.1 Å². The lowest BCUT2D eigenvalue weighted by Gasteiger charge is -2.20. The minimum atomic E-state index is -0.607. The van der Waals surface area contributed by atoms with Crippen molar-refractivity contribution in [3.8, 4) is 6.07 Å². The predicted octanol–water partition coefficient (Wildman–Crippen LogP) is 4.97. The maximum atomic E-state index is 13.0. The molecule has 0 N–H and O–H groups in total. The molecule has 0 unspecified atom stereocenters. The van der Waals surface area contributed by atoms with E-state index in [1.54, 1.807) is 20.8 Å². The molecule has 2 aromatic rings. The number of carbonyl (C=O) groups excluding carboxylic acids is 3. The highest BCUT2D eigenvalue weighted by Crippen LogP contribution is 2.31. The van der Waals surface area contributed by atoms with Crippen LogP contribution in [0.2, 0.25) is 0 Å². The van der Waals surface area contributed by atoms with Gasteiger partial charge in [-0.05, 0) is 64.0 Å². The number of allylic oxidation sites excluding steroid dienone is 1. The molecule has 0 aliphatic heterocycles. The van der Waals surface area contributed by atoms with E-state index < -0.39 is 17.7 Å². The maximum absolute atomic E-state index is 13.0. The summed E-state index contributed by atoms with van der Waals surface area (Å²) >= 11 is 1.02. The van der Waals surface area contributed by atoms with Crippen molar-refractivity contribution in [3.05, 3.63) is 56.3 Å². The number of rotatable bonds is 11. The van der Waals surface area contributed by atoms with Gasteiger partial charge < -0.3 is 14.4 Å². The Balaban J connectivity index is 2.36. The highest BCUT2D eigenvalue weighted by atomic mass is 32.1. The third-order valence-electron chi connectivity index (χ3n) is 5.23. The number of carbonyl (C=O) groups is 3. The summed E-state index contributed by atoms with van der Waals surface area (Å²) in [4.78, 5) is 40.7. The number of hydrogen-bond donors (Lipinski definition) is 0. The monoisotopic (exact) mass is 482 g/mol. The second kappa shape index (κ2) is 12.7. The third kappa shape index (κ3) is 6.33. The summed E-state index contributed by atoms with van der Waals surface area (Å²) in [5, 5.41) is 9.63. The van der Waals surface area contributed by atoms with Gasteiger partial charge in [0.1, 0.15) is 10.9 Å². The first-order valence-electron chi connectivity index (χ1n) is 11.3. The summed E-state index contributed by atoms with van der Waals surface area (Å²) in [5.41, 5.74) is 2.35. The number of benzene rings is 1. The Hall–Kier alpha value is -3.44. The average molecular weight is 483 g/mol. The summed E-state index contributed by atoms with van der Waals surface area (Å²) in [6.45, 7) is 11.3. The van der Waals surface area contributed by atoms with Gasteiger partial charge in [0.05, 0.1) is 24.4 Å². The Kier molecular flexibility index (Phi) is 10.0. The van der Waals surface area contributed by atoms with Gasteiger partial charge >= 0.3 is 11.9 Å². The zero-order valence-electron chi connectivity index (χ0n) is 20.3. The molecule has 1 aromatic heterocycles. The lowest BCUT2D eigenvalue weighted by molar-refractivity contribution is -0.114. The molecule has 8 heteroatoms. The van der Waals surface area contributed by atoms with E-state index in [4.69, 9.17) is 9.47 Å². The van der Waals surface area contributed by atoms with Crippen LogP contribution >= 0.6 is 11.3 Å². The average Bonchev–Trinajstić information content (AvgIpc) is 3.15. The van der Waals surface area contributed by atoms with Crippen LogP contribution in [0, 0.1) is 18.3 Å². The molecule has 180 valence electrons. The second-order valence-corrected chi connectivity index (χ2v) is 8.43. The standard InChI is InChI=1S/C26H30N2O5S/c1-6-28(7-2)20-12-10-18(11-13-20)14-19(16-27)21(29)15-22-23(25(30)32-8-3)17(5)24(34-22)26(31)33-9-4/h10-14H,6-9,15H2,1-5H3. The van der Waals surface area contributed by atoms with Gasteiger partial charge in [-0.25, -0.2) is 9.59 Å². The summed E-state index contributed by atoms with van der Waals surface area (Å²) in [6.07, 6.45) is 1.33. The van der Waals surface area contributed by atoms with Crippen LogP contribution in [0.5, 0.6) is 0 Å². The van der Waals surface area contributed by atoms with Gasteiger partial charge in [-0.15, -0.1) is 11.3 Å². The smallest absolute Gasteiger partial charge is 0.348 e. The maximum Gasteiger partial charge on any atom is 0.348 e. The largest absolute Gasteiger partial charge is 0.462 e. The molecular formula is C26H30N2O5S. The number of ether oxygens (including phenoxy) is 2. The third-order valence-corrected chi connectivity index (χ3v) is 6.51. The minimum absolute atomic E-state index is 0.0332. The summed E-state index contributed by atoms with van der Waals surface area (Å²) in [7, 11) is 0. The van der Waals surface area contributed by atoms with Crippen molar-refractivity contribution in [2.45, 2.75) is 41.0 Å². The molecule has 0 atom stereocenters. The fraction of sp³-hybridized carbons (Fsp3) is 0.385. The number of anilines is 1. The van der Waals surface area contributed by atoms with Crippen molar-refractivity contribution in [3.63, 3.8) is 0 Å². The fourth-order valence-corrected chi connectivity index (χ4v) is 4.70. The van der Waals surface area contributed by atoms with Gasteiger partial charge in [0.25, 0.3) is 0 Å². The molecule has 34 heavy (non-hydrogen) atoms. The second-order valence-electron chi connectivity index (χ2n) is 7.33. The van der Waals surface area contributed by atoms with Crippen molar-refractivity contribution < 1.29 is 23.9 Å². The molecule has 0 saturated heterocycles. The molecule has 7 nitrogen and oxygen atoms in total. The number of ketones is 1. The van der Waals surface area contributed by atoms with Gasteiger partial charge in [-0.3, -0.25) is 4.79 Å². The summed E-state index contributed by atoms with van der Waals surface area (Å²) in [6, 6.07) is 9.58. The molecule has 0 radical (unpaired) electrons. The van der Waals surface area contributed by atoms with Crippen LogP contribution in [0.1, 0.15) is 63.7 Å². The molecule has 0 amide bonds. The number of nitrogens with zero attached hydrogens (tertiary/aromatic N) is 2. The van der Waals surface area contributed by atoms with E-state index in [1.165, 1.54) is 6.08 Å². The van der Waals surface area contributed by atoms with Crippen LogP contribution in [-0.2, 0) is 20.7 Å². The fourth-order valence-electron chi connectivity index (χ4n) is 3.51. The molecule has 0 aliphatic rings. The number of nitriles is 1. The number of esters is 2. The molecule has 0 saturated carbocycles. The first-order valence-corrected chi connectivity index (χ1v) is 12.1. The molecule has 1 aromatic carbocycles. The molecule has 1 heterocycles. The molecule has 0 spiro atoms. The summed E-state index contributed by atoms with van der Waals surface area (Å²) in [5.74, 6) is -1.61. The van der Waals surface area contributed by atoms with E-state index in [9.17, 15) is 19.6 Å². The first kappa shape index (κ1) is 26.8. The van der Waals surface area contributed by atoms with E-state index >= 15 is 0 Å². The SMILES string of the molecule is CCOC(=O)c1sc(CC(=O)C(C#N)=Cc2ccc(N(CC)CC)cc2)c(C(=O)OCC)c1C. The Labute approximate surface area is 204 Å². The quantitative estimate of drug-likeness (QED) is 0.253. The van der Waals surface area contributed by atoms with Crippen molar-refractivity contribution in [1.82, 2.24) is 0 Å². The van der Waals surface area contributed by atoms with E-state index in [0.717, 1.165) is 35.7 Å². The van der Waals surface area contributed by atoms with Crippen LogP contribution in [0.4, 0.5) is 5.69 Å². The van der Waals surface area contributed by atoms with Crippen LogP contribution in [0.3, 0.4) is 0 Å². The highest BCUT2D eigenvalue weighted by Gasteiger charge is 2.28. The Morgan fingerprint density at radius 2 is 1.59 bits per heavy atom. The van der Waals surface area contributed by atoms with E-state index in [2.05, 4.69) is 18.7 Å². The Morgan fingerprint density at radius 3 is 2.12 bits per heavy atom. The molecule has 2 rings (SSSR count). The van der Waals surface area contributed by atoms with Gasteiger partial charge in [0.15, 0.2) is 5.78 Å². The number of thiophene rings is 1. The lowest BCUT2D eigenvalue weighted by Crippen LogP contribution is -2.21. The zero-order chi connectivity index (χ0) is 25.3. The number of Topliss-reactive ketones (excluding diaryl/α,β-unsaturated/α-hetero) is 1. The topological polar surface area (TPSA) is 96.7 Å². The van der Waals surface area contributed by atoms with Gasteiger partial charge in [0, 0.05) is 30.1 Å². The van der Waals surface area contributed by atoms with Gasteiger partial charge in [0.2, 0.25) is 0 Å². The van der Waals surface area contributed by atoms with E-state index in [0.29, 0.717) is 10.4 Å². The van der Waals surface area contributed by atoms with Gasteiger partial charge in [-0.2, -0.15) is 5.26 Å². The van der Waals surface area contributed by atoms with Crippen molar-refractivity contribution in [2.24, 2.45) is 0 Å². The Bertz CT molecular complexity index is 1110. The highest BCUT2D eigenvalue weighted by molar-refractivity contribution is 7.14. The molecular weight excluding hydrogens is 452 g/mol. The predicted molar refractivity (Wildman–Crippen MR) is 133 cm³/mol. The van der Waals surface area contributed by atoms with Crippen molar-refractivity contribution >= 4 is 40.8 Å². The van der Waals surface area contributed by atoms with Crippen molar-refractivity contribution in [1.29, 1.82) is 5.26 Å². The molecule has 0 aliphatic carbocycles. The van der Waals surface area contributed by atoms with E-state index in [-0.39, 0.29) is 35.6 Å². The van der Waals surface area contributed by atoms with Crippen LogP contribution in [0.25, 0.3) is 6.08 Å². The zero-order valence-corrected chi connectivity index (χ0v) is 21.1. The summed E-state index contributed by atoms with van der Waals surface area (Å²) < 4.78 is 10.2. The Morgan fingerprint density at radius 1 is 1.00 bits per heavy atom. The number of hydrogen-bond acceptors (Lipinski definition) is 8. The molecule has 0 bridgehead atoms. The normalized spacial score (nSPS) is 11.0. The van der Waals surface area contributed by atoms with E-state index in [1.807, 2.05) is 30.3 Å². The molecule has 0 fully saturated rings.